The van der Waals surface area contributed by atoms with Crippen LogP contribution in [-0.2, 0) is 32.1 Å². The molecule has 0 radical (unpaired) electrons. The summed E-state index contributed by atoms with van der Waals surface area (Å²) in [7, 11) is 0. The fraction of sp³-hybridized carbons (Fsp3) is 0.452. The van der Waals surface area contributed by atoms with Crippen LogP contribution in [0.1, 0.15) is 98.8 Å². The zero-order chi connectivity index (χ0) is 23.6. The zero-order valence-electron chi connectivity index (χ0n) is 22.6. The van der Waals surface area contributed by atoms with Crippen LogP contribution >= 0.6 is 0 Å². The first-order valence-electron chi connectivity index (χ1n) is 12.1. The van der Waals surface area contributed by atoms with E-state index in [0.29, 0.717) is 3.63 Å². The van der Waals surface area contributed by atoms with Gasteiger partial charge in [-0.25, -0.2) is 0 Å². The molecule has 182 valence electrons. The number of rotatable bonds is 2. The molecular weight excluding hydrogens is 534 g/mol. The van der Waals surface area contributed by atoms with Crippen molar-refractivity contribution < 1.29 is 46.1 Å². The molecule has 0 nitrogen and oxygen atoms in total. The molecule has 0 unspecified atom stereocenters. The Hall–Kier alpha value is -0.747. The van der Waals surface area contributed by atoms with Crippen molar-refractivity contribution in [3.8, 4) is 11.1 Å². The Morgan fingerprint density at radius 3 is 1.53 bits per heavy atom. The van der Waals surface area contributed by atoms with E-state index in [4.69, 9.17) is 0 Å². The molecular formula is C31H40Cl2Zr. The number of halogens is 2. The minimum atomic E-state index is -2.07. The Balaban J connectivity index is 0.00000204. The number of fused-ring (bicyclic) bond motifs is 3. The van der Waals surface area contributed by atoms with E-state index < -0.39 is 21.3 Å². The van der Waals surface area contributed by atoms with Crippen LogP contribution in [0.2, 0.25) is 0 Å². The Morgan fingerprint density at radius 2 is 1.21 bits per heavy atom. The number of benzene rings is 2. The molecule has 0 saturated heterocycles. The smallest absolute Gasteiger partial charge is 1.00 e. The molecule has 2 aliphatic carbocycles. The van der Waals surface area contributed by atoms with Crippen LogP contribution < -0.4 is 24.8 Å². The van der Waals surface area contributed by atoms with Crippen LogP contribution in [-0.4, -0.2) is 3.21 Å². The SMILES string of the molecule is C[C](C)=[Zr+2]([C]1=CC=CC1)[CH]1c2cc(C)c(C(C)(C)C)cc2-c2cc(C(C)(C)C)c(C)cc21.[Cl-].[Cl-]. The van der Waals surface area contributed by atoms with Gasteiger partial charge in [0.25, 0.3) is 0 Å². The number of hydrogen-bond donors (Lipinski definition) is 0. The second-order valence-corrected chi connectivity index (χ2v) is 19.7. The van der Waals surface area contributed by atoms with Gasteiger partial charge in [0.1, 0.15) is 0 Å². The van der Waals surface area contributed by atoms with Crippen LogP contribution in [0, 0.1) is 13.8 Å². The van der Waals surface area contributed by atoms with Gasteiger partial charge < -0.3 is 24.8 Å². The van der Waals surface area contributed by atoms with E-state index in [1.54, 1.807) is 17.6 Å². The van der Waals surface area contributed by atoms with Gasteiger partial charge in [-0.05, 0) is 0 Å². The third kappa shape index (κ3) is 5.19. The Labute approximate surface area is 228 Å². The minimum Gasteiger partial charge on any atom is -1.00 e. The number of allylic oxidation sites excluding steroid dienone is 4. The molecule has 0 heterocycles. The summed E-state index contributed by atoms with van der Waals surface area (Å²) in [6, 6.07) is 10.2. The molecule has 0 aliphatic heterocycles. The van der Waals surface area contributed by atoms with Gasteiger partial charge in [-0.1, -0.05) is 0 Å². The van der Waals surface area contributed by atoms with E-state index in [2.05, 4.69) is 112 Å². The van der Waals surface area contributed by atoms with Gasteiger partial charge in [0.2, 0.25) is 0 Å². The molecule has 4 rings (SSSR count). The van der Waals surface area contributed by atoms with Crippen LogP contribution in [0.15, 0.2) is 45.8 Å². The van der Waals surface area contributed by atoms with Gasteiger partial charge in [0.15, 0.2) is 0 Å². The molecule has 3 heteroatoms. The molecule has 0 bridgehead atoms. The first kappa shape index (κ1) is 29.5. The van der Waals surface area contributed by atoms with Crippen molar-refractivity contribution in [1.29, 1.82) is 0 Å². The summed E-state index contributed by atoms with van der Waals surface area (Å²) >= 11 is -2.07. The summed E-state index contributed by atoms with van der Waals surface area (Å²) < 4.78 is 4.06. The molecule has 0 saturated carbocycles. The summed E-state index contributed by atoms with van der Waals surface area (Å²) in [6.45, 7) is 23.6. The van der Waals surface area contributed by atoms with Gasteiger partial charge in [-0.15, -0.1) is 0 Å². The maximum atomic E-state index is 2.57. The van der Waals surface area contributed by atoms with E-state index in [1.165, 1.54) is 39.8 Å². The Bertz CT molecular complexity index is 1120. The van der Waals surface area contributed by atoms with E-state index >= 15 is 0 Å². The van der Waals surface area contributed by atoms with Crippen LogP contribution in [0.5, 0.6) is 0 Å². The minimum absolute atomic E-state index is 0. The average Bonchev–Trinajstić information content (AvgIpc) is 3.26. The van der Waals surface area contributed by atoms with Crippen LogP contribution in [0.25, 0.3) is 11.1 Å². The maximum Gasteiger partial charge on any atom is -1.00 e. The van der Waals surface area contributed by atoms with Crippen LogP contribution in [0.4, 0.5) is 0 Å². The molecule has 2 aliphatic rings. The molecule has 0 amide bonds. The zero-order valence-corrected chi connectivity index (χ0v) is 26.6. The van der Waals surface area contributed by atoms with E-state index in [0.717, 1.165) is 0 Å². The average molecular weight is 575 g/mol. The van der Waals surface area contributed by atoms with Crippen molar-refractivity contribution in [3.05, 3.63) is 79.2 Å². The molecule has 0 N–H and O–H groups in total. The number of hydrogen-bond acceptors (Lipinski definition) is 0. The van der Waals surface area contributed by atoms with Crippen molar-refractivity contribution in [2.75, 3.05) is 0 Å². The van der Waals surface area contributed by atoms with Crippen molar-refractivity contribution in [2.45, 2.75) is 90.1 Å². The van der Waals surface area contributed by atoms with Crippen molar-refractivity contribution in [2.24, 2.45) is 0 Å². The fourth-order valence-electron chi connectivity index (χ4n) is 5.94. The van der Waals surface area contributed by atoms with Crippen molar-refractivity contribution in [1.82, 2.24) is 0 Å². The molecule has 2 aromatic rings. The second-order valence-electron chi connectivity index (χ2n) is 12.2. The van der Waals surface area contributed by atoms with Gasteiger partial charge in [-0.2, -0.15) is 0 Å². The fourth-order valence-corrected chi connectivity index (χ4v) is 14.1. The Kier molecular flexibility index (Phi) is 8.95. The number of aryl methyl sites for hydroxylation is 2. The molecule has 0 spiro atoms. The van der Waals surface area contributed by atoms with Crippen molar-refractivity contribution in [3.63, 3.8) is 0 Å². The first-order chi connectivity index (χ1) is 14.8. The second kappa shape index (κ2) is 10.3. The van der Waals surface area contributed by atoms with Gasteiger partial charge in [0.05, 0.1) is 0 Å². The predicted molar refractivity (Wildman–Crippen MR) is 139 cm³/mol. The van der Waals surface area contributed by atoms with Crippen LogP contribution in [0.3, 0.4) is 0 Å². The van der Waals surface area contributed by atoms with Gasteiger partial charge >= 0.3 is 205 Å². The Morgan fingerprint density at radius 1 is 0.765 bits per heavy atom. The standard InChI is InChI=1S/C23H29.C5H5.C3H6.2ClH.Zr/c1-14-9-16-11-17-10-15(2)21(23(6,7)8)13-19(17)18(16)12-20(14)22(3,4)5;1-2-4-5-3-1;1-3-2;;;/h9-13H,1-8H3;1-3H,4H2;1-2H3;2*1H;/q;;;;;+2/p-2. The predicted octanol–water partition coefficient (Wildman–Crippen LogP) is 2.65. The molecule has 0 atom stereocenters. The third-order valence-electron chi connectivity index (χ3n) is 7.27. The van der Waals surface area contributed by atoms with E-state index in [1.807, 2.05) is 0 Å². The first-order valence-corrected chi connectivity index (χ1v) is 16.0. The normalized spacial score (nSPS) is 14.4. The summed E-state index contributed by atoms with van der Waals surface area (Å²) in [5.74, 6) is 0. The van der Waals surface area contributed by atoms with E-state index in [9.17, 15) is 0 Å². The van der Waals surface area contributed by atoms with Gasteiger partial charge in [0, 0.05) is 0 Å². The summed E-state index contributed by atoms with van der Waals surface area (Å²) in [5.41, 5.74) is 12.4. The quantitative estimate of drug-likeness (QED) is 0.518. The maximum absolute atomic E-state index is 2.57. The topological polar surface area (TPSA) is 0 Å². The van der Waals surface area contributed by atoms with Gasteiger partial charge in [-0.3, -0.25) is 0 Å². The van der Waals surface area contributed by atoms with Crippen molar-refractivity contribution >= 4 is 3.21 Å². The van der Waals surface area contributed by atoms with E-state index in [-0.39, 0.29) is 35.6 Å². The molecule has 2 aromatic carbocycles. The molecule has 0 aromatic heterocycles. The largest absolute Gasteiger partial charge is 1.00 e. The molecule has 34 heavy (non-hydrogen) atoms. The summed E-state index contributed by atoms with van der Waals surface area (Å²) in [5, 5.41) is 0. The third-order valence-corrected chi connectivity index (χ3v) is 15.5. The summed E-state index contributed by atoms with van der Waals surface area (Å²) in [6.07, 6.45) is 8.26. The monoisotopic (exact) mass is 572 g/mol. The molecule has 0 fully saturated rings. The summed E-state index contributed by atoms with van der Waals surface area (Å²) in [4.78, 5) is 0.